The van der Waals surface area contributed by atoms with Gasteiger partial charge in [0.25, 0.3) is 0 Å². The Balaban J connectivity index is 1.28. The molecule has 4 aliphatic carbocycles. The Morgan fingerprint density at radius 3 is 2.47 bits per heavy atom. The number of nitrogens with zero attached hydrogens (tertiary/aromatic N) is 3. The molecule has 2 aromatic rings. The number of benzene rings is 1. The monoisotopic (exact) mass is 429 g/mol. The summed E-state index contributed by atoms with van der Waals surface area (Å²) in [5.74, 6) is 4.01. The summed E-state index contributed by atoms with van der Waals surface area (Å²) in [5, 5.41) is 0. The van der Waals surface area contributed by atoms with Crippen molar-refractivity contribution >= 4 is 5.91 Å². The summed E-state index contributed by atoms with van der Waals surface area (Å²) in [6.45, 7) is 5.84. The van der Waals surface area contributed by atoms with Crippen LogP contribution in [0.3, 0.4) is 0 Å². The van der Waals surface area contributed by atoms with Crippen molar-refractivity contribution in [1.29, 1.82) is 0 Å². The van der Waals surface area contributed by atoms with Crippen LogP contribution >= 0.6 is 0 Å². The molecule has 0 N–H and O–H groups in total. The molecule has 0 radical (unpaired) electrons. The minimum atomic E-state index is -0.0440. The van der Waals surface area contributed by atoms with Gasteiger partial charge in [-0.15, -0.1) is 0 Å². The van der Waals surface area contributed by atoms with Gasteiger partial charge in [0.2, 0.25) is 5.91 Å². The number of amides is 1. The number of aromatic nitrogens is 2. The van der Waals surface area contributed by atoms with Crippen LogP contribution in [0.1, 0.15) is 74.4 Å². The molecule has 32 heavy (non-hydrogen) atoms. The van der Waals surface area contributed by atoms with Crippen molar-refractivity contribution in [3.8, 4) is 11.1 Å². The number of rotatable bonds is 3. The first-order valence-corrected chi connectivity index (χ1v) is 12.7. The summed E-state index contributed by atoms with van der Waals surface area (Å²) in [5.41, 5.74) is 4.65. The van der Waals surface area contributed by atoms with Crippen molar-refractivity contribution in [2.75, 3.05) is 13.1 Å². The predicted octanol–water partition coefficient (Wildman–Crippen LogP) is 5.68. The lowest BCUT2D eigenvalue weighted by molar-refractivity contribution is -0.158. The van der Waals surface area contributed by atoms with Gasteiger partial charge in [-0.25, -0.2) is 9.97 Å². The third-order valence-corrected chi connectivity index (χ3v) is 8.85. The maximum atomic E-state index is 14.0. The third kappa shape index (κ3) is 3.47. The second-order valence-electron chi connectivity index (χ2n) is 11.4. The SMILES string of the molecule is Cc1cccc(-c2cnc(C)nc2C2CCCN(C(=O)C34CC5CC(CC(C5)C3)C4)C2)c1. The molecule has 4 heteroatoms. The Morgan fingerprint density at radius 1 is 1.06 bits per heavy atom. The largest absolute Gasteiger partial charge is 0.342 e. The maximum absolute atomic E-state index is 14.0. The van der Waals surface area contributed by atoms with Crippen LogP contribution in [0.15, 0.2) is 30.5 Å². The van der Waals surface area contributed by atoms with Crippen molar-refractivity contribution in [3.05, 3.63) is 47.5 Å². The summed E-state index contributed by atoms with van der Waals surface area (Å²) < 4.78 is 0. The van der Waals surface area contributed by atoms with E-state index in [4.69, 9.17) is 4.98 Å². The van der Waals surface area contributed by atoms with Crippen LogP contribution in [0, 0.1) is 37.0 Å². The Kier molecular flexibility index (Phi) is 4.89. The molecule has 1 aliphatic heterocycles. The fourth-order valence-corrected chi connectivity index (χ4v) is 7.93. The van der Waals surface area contributed by atoms with Gasteiger partial charge in [-0.05, 0) is 88.5 Å². The highest BCUT2D eigenvalue weighted by Crippen LogP contribution is 2.60. The zero-order chi connectivity index (χ0) is 21.9. The van der Waals surface area contributed by atoms with Crippen LogP contribution < -0.4 is 0 Å². The minimum absolute atomic E-state index is 0.0440. The van der Waals surface area contributed by atoms with Gasteiger partial charge in [-0.1, -0.05) is 29.8 Å². The zero-order valence-corrected chi connectivity index (χ0v) is 19.5. The van der Waals surface area contributed by atoms with Crippen LogP contribution in [0.4, 0.5) is 0 Å². The molecule has 1 aromatic heterocycles. The second kappa shape index (κ2) is 7.67. The fourth-order valence-electron chi connectivity index (χ4n) is 7.93. The first-order valence-electron chi connectivity index (χ1n) is 12.7. The van der Waals surface area contributed by atoms with Gasteiger partial charge in [0.05, 0.1) is 11.1 Å². The van der Waals surface area contributed by atoms with Crippen molar-refractivity contribution < 1.29 is 4.79 Å². The Labute approximate surface area is 191 Å². The third-order valence-electron chi connectivity index (χ3n) is 8.85. The first kappa shape index (κ1) is 20.4. The van der Waals surface area contributed by atoms with E-state index >= 15 is 0 Å². The van der Waals surface area contributed by atoms with Crippen LogP contribution in [0.5, 0.6) is 0 Å². The van der Waals surface area contributed by atoms with E-state index in [2.05, 4.69) is 41.1 Å². The van der Waals surface area contributed by atoms with Crippen LogP contribution in [-0.4, -0.2) is 33.9 Å². The average Bonchev–Trinajstić information content (AvgIpc) is 2.78. The van der Waals surface area contributed by atoms with Gasteiger partial charge in [-0.2, -0.15) is 0 Å². The highest BCUT2D eigenvalue weighted by Gasteiger charge is 2.55. The normalized spacial score (nSPS) is 33.5. The Bertz CT molecular complexity index is 1010. The molecule has 0 spiro atoms. The Hall–Kier alpha value is -2.23. The summed E-state index contributed by atoms with van der Waals surface area (Å²) in [4.78, 5) is 25.7. The summed E-state index contributed by atoms with van der Waals surface area (Å²) in [6, 6.07) is 8.62. The van der Waals surface area contributed by atoms with Gasteiger partial charge in [0, 0.05) is 30.8 Å². The Morgan fingerprint density at radius 2 is 1.78 bits per heavy atom. The molecule has 5 aliphatic rings. The molecular formula is C28H35N3O. The molecule has 1 unspecified atom stereocenters. The smallest absolute Gasteiger partial charge is 0.228 e. The van der Waals surface area contributed by atoms with E-state index in [-0.39, 0.29) is 5.41 Å². The van der Waals surface area contributed by atoms with Crippen LogP contribution in [0.25, 0.3) is 11.1 Å². The van der Waals surface area contributed by atoms with Gasteiger partial charge >= 0.3 is 0 Å². The van der Waals surface area contributed by atoms with Crippen molar-refractivity contribution in [2.45, 2.75) is 71.1 Å². The number of carbonyl (C=O) groups excluding carboxylic acids is 1. The molecule has 1 amide bonds. The molecule has 7 rings (SSSR count). The zero-order valence-electron chi connectivity index (χ0n) is 19.5. The van der Waals surface area contributed by atoms with Gasteiger partial charge in [0.15, 0.2) is 0 Å². The average molecular weight is 430 g/mol. The van der Waals surface area contributed by atoms with Crippen LogP contribution in [-0.2, 0) is 4.79 Å². The van der Waals surface area contributed by atoms with E-state index < -0.39 is 0 Å². The molecular weight excluding hydrogens is 394 g/mol. The van der Waals surface area contributed by atoms with E-state index in [9.17, 15) is 4.79 Å². The maximum Gasteiger partial charge on any atom is 0.228 e. The highest BCUT2D eigenvalue weighted by molar-refractivity contribution is 5.83. The lowest BCUT2D eigenvalue weighted by Crippen LogP contribution is -2.56. The van der Waals surface area contributed by atoms with Gasteiger partial charge < -0.3 is 4.90 Å². The molecule has 168 valence electrons. The molecule has 1 saturated heterocycles. The van der Waals surface area contributed by atoms with Crippen molar-refractivity contribution in [1.82, 2.24) is 14.9 Å². The molecule has 5 fully saturated rings. The van der Waals surface area contributed by atoms with E-state index in [0.717, 1.165) is 80.0 Å². The summed E-state index contributed by atoms with van der Waals surface area (Å²) >= 11 is 0. The lowest BCUT2D eigenvalue weighted by atomic mass is 9.49. The number of hydrogen-bond donors (Lipinski definition) is 0. The van der Waals surface area contributed by atoms with Gasteiger partial charge in [-0.3, -0.25) is 4.79 Å². The van der Waals surface area contributed by atoms with E-state index in [1.807, 2.05) is 13.1 Å². The second-order valence-corrected chi connectivity index (χ2v) is 11.4. The topological polar surface area (TPSA) is 46.1 Å². The molecule has 4 saturated carbocycles. The van der Waals surface area contributed by atoms with E-state index in [1.165, 1.54) is 30.4 Å². The number of piperidine rings is 1. The first-order chi connectivity index (χ1) is 15.5. The fraction of sp³-hybridized carbons (Fsp3) is 0.607. The van der Waals surface area contributed by atoms with Crippen molar-refractivity contribution in [2.24, 2.45) is 23.2 Å². The van der Waals surface area contributed by atoms with Crippen molar-refractivity contribution in [3.63, 3.8) is 0 Å². The predicted molar refractivity (Wildman–Crippen MR) is 126 cm³/mol. The quantitative estimate of drug-likeness (QED) is 0.630. The van der Waals surface area contributed by atoms with E-state index in [1.54, 1.807) is 0 Å². The summed E-state index contributed by atoms with van der Waals surface area (Å²) in [6.07, 6.45) is 11.8. The van der Waals surface area contributed by atoms with Gasteiger partial charge in [0.1, 0.15) is 5.82 Å². The molecule has 4 nitrogen and oxygen atoms in total. The number of likely N-dealkylation sites (tertiary alicyclic amines) is 1. The standard InChI is InChI=1S/C28H35N3O/c1-18-5-3-6-23(9-18)25-16-29-19(2)30-26(25)24-7-4-8-31(17-24)27(32)28-13-20-10-21(14-28)12-22(11-20)15-28/h3,5-6,9,16,20-22,24H,4,7-8,10-15,17H2,1-2H3. The highest BCUT2D eigenvalue weighted by atomic mass is 16.2. The molecule has 1 atom stereocenters. The number of aryl methyl sites for hydroxylation is 2. The van der Waals surface area contributed by atoms with Crippen LogP contribution in [0.2, 0.25) is 0 Å². The summed E-state index contributed by atoms with van der Waals surface area (Å²) in [7, 11) is 0. The number of carbonyl (C=O) groups is 1. The lowest BCUT2D eigenvalue weighted by Gasteiger charge is -2.57. The molecule has 1 aromatic carbocycles. The molecule has 4 bridgehead atoms. The minimum Gasteiger partial charge on any atom is -0.342 e. The number of hydrogen-bond acceptors (Lipinski definition) is 3. The molecule has 2 heterocycles. The van der Waals surface area contributed by atoms with E-state index in [0.29, 0.717) is 11.8 Å².